The third-order valence-electron chi connectivity index (χ3n) is 2.47. The molecule has 1 aromatic heterocycles. The first-order chi connectivity index (χ1) is 6.42. The van der Waals surface area contributed by atoms with Crippen LogP contribution in [-0.4, -0.2) is 12.5 Å². The van der Waals surface area contributed by atoms with Crippen molar-refractivity contribution in [1.29, 1.82) is 0 Å². The maximum Gasteiger partial charge on any atom is 0.0956 e. The molecular weight excluding hydrogens is 204 g/mol. The number of halogens is 1. The first-order valence-corrected chi connectivity index (χ1v) is 6.04. The molecule has 0 saturated carbocycles. The number of rotatable bonds is 2. The molecule has 0 spiro atoms. The second-order valence-corrected chi connectivity index (χ2v) is 4.65. The zero-order chi connectivity index (χ0) is 9.10. The van der Waals surface area contributed by atoms with E-state index >= 15 is 0 Å². The molecule has 2 atom stereocenters. The zero-order valence-electron chi connectivity index (χ0n) is 7.41. The summed E-state index contributed by atoms with van der Waals surface area (Å²) in [7, 11) is 0. The molecule has 0 bridgehead atoms. The van der Waals surface area contributed by atoms with E-state index in [1.165, 1.54) is 11.3 Å². The topological polar surface area (TPSA) is 9.23 Å². The number of thiophene rings is 1. The summed E-state index contributed by atoms with van der Waals surface area (Å²) in [4.78, 5) is 1.32. The average molecular weight is 217 g/mol. The van der Waals surface area contributed by atoms with Crippen molar-refractivity contribution in [3.63, 3.8) is 0 Å². The van der Waals surface area contributed by atoms with Crippen LogP contribution in [0.4, 0.5) is 0 Å². The van der Waals surface area contributed by atoms with Crippen LogP contribution in [0.2, 0.25) is 0 Å². The van der Waals surface area contributed by atoms with Crippen LogP contribution in [0.5, 0.6) is 0 Å². The third-order valence-corrected chi connectivity index (χ3v) is 3.80. The normalized spacial score (nSPS) is 29.0. The fourth-order valence-corrected chi connectivity index (χ4v) is 2.95. The molecule has 3 heteroatoms. The highest BCUT2D eigenvalue weighted by atomic mass is 35.5. The van der Waals surface area contributed by atoms with Crippen molar-refractivity contribution in [3.05, 3.63) is 22.4 Å². The summed E-state index contributed by atoms with van der Waals surface area (Å²) in [6.45, 7) is 0.885. The number of hydrogen-bond acceptors (Lipinski definition) is 2. The second kappa shape index (κ2) is 4.45. The van der Waals surface area contributed by atoms with Crippen molar-refractivity contribution in [2.24, 2.45) is 5.92 Å². The van der Waals surface area contributed by atoms with Crippen molar-refractivity contribution in [3.8, 4) is 0 Å². The van der Waals surface area contributed by atoms with Gasteiger partial charge in [0.15, 0.2) is 0 Å². The maximum absolute atomic E-state index is 5.92. The predicted octanol–water partition coefficient (Wildman–Crippen LogP) is 3.45. The Morgan fingerprint density at radius 1 is 1.62 bits per heavy atom. The van der Waals surface area contributed by atoms with E-state index < -0.39 is 0 Å². The summed E-state index contributed by atoms with van der Waals surface area (Å²) < 4.78 is 5.75. The summed E-state index contributed by atoms with van der Waals surface area (Å²) in [6.07, 6.45) is 2.61. The SMILES string of the molecule is ClCC1CCCOC1c1cccs1. The van der Waals surface area contributed by atoms with E-state index in [9.17, 15) is 0 Å². The van der Waals surface area contributed by atoms with Gasteiger partial charge in [-0.05, 0) is 24.3 Å². The highest BCUT2D eigenvalue weighted by Gasteiger charge is 2.27. The second-order valence-electron chi connectivity index (χ2n) is 3.36. The van der Waals surface area contributed by atoms with E-state index in [-0.39, 0.29) is 6.10 Å². The van der Waals surface area contributed by atoms with Crippen LogP contribution in [0.3, 0.4) is 0 Å². The Morgan fingerprint density at radius 3 is 3.23 bits per heavy atom. The van der Waals surface area contributed by atoms with Gasteiger partial charge in [-0.2, -0.15) is 0 Å². The lowest BCUT2D eigenvalue weighted by Crippen LogP contribution is -2.22. The molecule has 1 aromatic rings. The fraction of sp³-hybridized carbons (Fsp3) is 0.600. The molecule has 0 N–H and O–H groups in total. The van der Waals surface area contributed by atoms with E-state index in [0.29, 0.717) is 11.8 Å². The molecule has 1 fully saturated rings. The highest BCUT2D eigenvalue weighted by Crippen LogP contribution is 2.36. The van der Waals surface area contributed by atoms with Crippen LogP contribution >= 0.6 is 22.9 Å². The zero-order valence-corrected chi connectivity index (χ0v) is 8.98. The minimum Gasteiger partial charge on any atom is -0.372 e. The maximum atomic E-state index is 5.92. The smallest absolute Gasteiger partial charge is 0.0956 e. The molecule has 2 heterocycles. The summed E-state index contributed by atoms with van der Waals surface area (Å²) in [5.41, 5.74) is 0. The molecule has 1 saturated heterocycles. The van der Waals surface area contributed by atoms with Gasteiger partial charge in [0.05, 0.1) is 6.10 Å². The van der Waals surface area contributed by atoms with Crippen molar-refractivity contribution >= 4 is 22.9 Å². The largest absolute Gasteiger partial charge is 0.372 e. The molecule has 2 rings (SSSR count). The molecule has 1 aliphatic heterocycles. The Labute approximate surface area is 87.7 Å². The molecule has 0 amide bonds. The van der Waals surface area contributed by atoms with Gasteiger partial charge < -0.3 is 4.74 Å². The Balaban J connectivity index is 2.11. The minimum atomic E-state index is 0.256. The van der Waals surface area contributed by atoms with Gasteiger partial charge in [-0.3, -0.25) is 0 Å². The molecular formula is C10H13ClOS. The van der Waals surface area contributed by atoms with Crippen LogP contribution in [-0.2, 0) is 4.74 Å². The van der Waals surface area contributed by atoms with Gasteiger partial charge >= 0.3 is 0 Å². The van der Waals surface area contributed by atoms with E-state index in [0.717, 1.165) is 13.0 Å². The Hall–Kier alpha value is -0.0500. The first kappa shape index (κ1) is 9.50. The first-order valence-electron chi connectivity index (χ1n) is 4.63. The highest BCUT2D eigenvalue weighted by molar-refractivity contribution is 7.10. The van der Waals surface area contributed by atoms with Gasteiger partial charge in [0.1, 0.15) is 0 Å². The van der Waals surface area contributed by atoms with Crippen molar-refractivity contribution in [2.45, 2.75) is 18.9 Å². The lowest BCUT2D eigenvalue weighted by molar-refractivity contribution is -0.0186. The average Bonchev–Trinajstić information content (AvgIpc) is 2.70. The molecule has 13 heavy (non-hydrogen) atoms. The summed E-state index contributed by atoms with van der Waals surface area (Å²) in [5.74, 6) is 1.22. The van der Waals surface area contributed by atoms with Crippen LogP contribution in [0, 0.1) is 5.92 Å². The number of ether oxygens (including phenoxy) is 1. The molecule has 1 nitrogen and oxygen atoms in total. The van der Waals surface area contributed by atoms with Gasteiger partial charge in [-0.25, -0.2) is 0 Å². The monoisotopic (exact) mass is 216 g/mol. The van der Waals surface area contributed by atoms with Gasteiger partial charge in [-0.15, -0.1) is 22.9 Å². The minimum absolute atomic E-state index is 0.256. The Kier molecular flexibility index (Phi) is 3.25. The molecule has 0 aliphatic carbocycles. The number of hydrogen-bond donors (Lipinski definition) is 0. The van der Waals surface area contributed by atoms with Crippen molar-refractivity contribution < 1.29 is 4.74 Å². The summed E-state index contributed by atoms with van der Waals surface area (Å²) in [5, 5.41) is 2.10. The van der Waals surface area contributed by atoms with Gasteiger partial charge in [0.25, 0.3) is 0 Å². The van der Waals surface area contributed by atoms with E-state index in [1.807, 2.05) is 0 Å². The molecule has 0 radical (unpaired) electrons. The summed E-state index contributed by atoms with van der Waals surface area (Å²) in [6, 6.07) is 4.21. The van der Waals surface area contributed by atoms with Crippen molar-refractivity contribution in [2.75, 3.05) is 12.5 Å². The molecule has 72 valence electrons. The van der Waals surface area contributed by atoms with Crippen LogP contribution in [0.1, 0.15) is 23.8 Å². The number of alkyl halides is 1. The Morgan fingerprint density at radius 2 is 2.54 bits per heavy atom. The molecule has 2 unspecified atom stereocenters. The van der Waals surface area contributed by atoms with Crippen molar-refractivity contribution in [1.82, 2.24) is 0 Å². The van der Waals surface area contributed by atoms with Gasteiger partial charge in [0.2, 0.25) is 0 Å². The van der Waals surface area contributed by atoms with E-state index in [1.54, 1.807) is 11.3 Å². The fourth-order valence-electron chi connectivity index (χ4n) is 1.77. The third kappa shape index (κ3) is 2.06. The molecule has 0 aromatic carbocycles. The van der Waals surface area contributed by atoms with E-state index in [4.69, 9.17) is 16.3 Å². The van der Waals surface area contributed by atoms with Gasteiger partial charge in [-0.1, -0.05) is 6.07 Å². The standard InChI is InChI=1S/C10H13ClOS/c11-7-8-3-1-5-12-10(8)9-4-2-6-13-9/h2,4,6,8,10H,1,3,5,7H2. The van der Waals surface area contributed by atoms with Gasteiger partial charge in [0, 0.05) is 23.3 Å². The van der Waals surface area contributed by atoms with Crippen LogP contribution in [0.15, 0.2) is 17.5 Å². The Bertz CT molecular complexity index is 247. The molecule has 1 aliphatic rings. The predicted molar refractivity (Wildman–Crippen MR) is 56.5 cm³/mol. The lowest BCUT2D eigenvalue weighted by atomic mass is 9.95. The summed E-state index contributed by atoms with van der Waals surface area (Å²) >= 11 is 7.68. The van der Waals surface area contributed by atoms with Crippen LogP contribution < -0.4 is 0 Å². The quantitative estimate of drug-likeness (QED) is 0.689. The van der Waals surface area contributed by atoms with Crippen LogP contribution in [0.25, 0.3) is 0 Å². The lowest BCUT2D eigenvalue weighted by Gasteiger charge is -2.29. The van der Waals surface area contributed by atoms with E-state index in [2.05, 4.69) is 17.5 Å².